The Bertz CT molecular complexity index is 767. The van der Waals surface area contributed by atoms with Crippen LogP contribution in [0.5, 0.6) is 0 Å². The van der Waals surface area contributed by atoms with Crippen LogP contribution in [0.15, 0.2) is 24.8 Å². The van der Waals surface area contributed by atoms with Crippen LogP contribution in [0.1, 0.15) is 30.5 Å². The van der Waals surface area contributed by atoms with E-state index in [2.05, 4.69) is 34.6 Å². The molecule has 2 fully saturated rings. The highest BCUT2D eigenvalue weighted by Gasteiger charge is 2.35. The summed E-state index contributed by atoms with van der Waals surface area (Å²) < 4.78 is 0. The van der Waals surface area contributed by atoms with Crippen molar-refractivity contribution in [3.05, 3.63) is 36.0 Å². The lowest BCUT2D eigenvalue weighted by Crippen LogP contribution is -2.63. The van der Waals surface area contributed by atoms with Gasteiger partial charge in [-0.05, 0) is 31.7 Å². The minimum absolute atomic E-state index is 0.639. The van der Waals surface area contributed by atoms with Crippen molar-refractivity contribution in [2.45, 2.75) is 38.1 Å². The molecule has 0 radical (unpaired) electrons. The van der Waals surface area contributed by atoms with E-state index in [1.165, 1.54) is 36.3 Å². The molecule has 2 aromatic rings. The summed E-state index contributed by atoms with van der Waals surface area (Å²) in [6, 6.07) is 2.51. The number of piperazine rings is 1. The molecule has 5 rings (SSSR count). The second kappa shape index (κ2) is 7.38. The average Bonchev–Trinajstić information content (AvgIpc) is 2.94. The first-order chi connectivity index (χ1) is 13.4. The SMILES string of the molecule is c1cnc(N2CCN(C3CN(c4ncnc5c4CCCCC5)C3)CC2)nc1. The molecule has 7 heteroatoms. The van der Waals surface area contributed by atoms with Gasteiger partial charge in [0.1, 0.15) is 12.1 Å². The highest BCUT2D eigenvalue weighted by atomic mass is 15.4. The van der Waals surface area contributed by atoms with E-state index in [1.807, 2.05) is 18.5 Å². The number of rotatable bonds is 3. The number of fused-ring (bicyclic) bond motifs is 1. The van der Waals surface area contributed by atoms with Crippen molar-refractivity contribution < 1.29 is 0 Å². The maximum atomic E-state index is 4.66. The number of hydrogen-bond donors (Lipinski definition) is 0. The van der Waals surface area contributed by atoms with Crippen LogP contribution in [0.2, 0.25) is 0 Å². The second-order valence-corrected chi connectivity index (χ2v) is 7.81. The summed E-state index contributed by atoms with van der Waals surface area (Å²) in [7, 11) is 0. The second-order valence-electron chi connectivity index (χ2n) is 7.81. The summed E-state index contributed by atoms with van der Waals surface area (Å²) in [5, 5.41) is 0. The average molecular weight is 365 g/mol. The summed E-state index contributed by atoms with van der Waals surface area (Å²) in [6.07, 6.45) is 11.5. The van der Waals surface area contributed by atoms with E-state index in [9.17, 15) is 0 Å². The summed E-state index contributed by atoms with van der Waals surface area (Å²) in [6.45, 7) is 6.35. The van der Waals surface area contributed by atoms with Crippen LogP contribution in [0.4, 0.5) is 11.8 Å². The highest BCUT2D eigenvalue weighted by Crippen LogP contribution is 2.30. The zero-order chi connectivity index (χ0) is 18.1. The molecule has 2 saturated heterocycles. The Hall–Kier alpha value is -2.28. The molecule has 0 atom stereocenters. The van der Waals surface area contributed by atoms with Gasteiger partial charge in [-0.25, -0.2) is 19.9 Å². The third-order valence-corrected chi connectivity index (χ3v) is 6.18. The van der Waals surface area contributed by atoms with Gasteiger partial charge in [0.15, 0.2) is 0 Å². The van der Waals surface area contributed by atoms with E-state index in [0.717, 1.165) is 58.1 Å². The van der Waals surface area contributed by atoms with E-state index in [1.54, 1.807) is 6.33 Å². The molecule has 0 N–H and O–H groups in total. The first kappa shape index (κ1) is 16.9. The third-order valence-electron chi connectivity index (χ3n) is 6.18. The molecular formula is C20H27N7. The van der Waals surface area contributed by atoms with Crippen LogP contribution in [0.3, 0.4) is 0 Å². The smallest absolute Gasteiger partial charge is 0.225 e. The molecular weight excluding hydrogens is 338 g/mol. The number of aromatic nitrogens is 4. The standard InChI is InChI=1S/C20H27N7/c1-2-5-17-18(6-3-1)23-15-24-19(17)27-13-16(14-27)25-9-11-26(12-10-25)20-21-7-4-8-22-20/h4,7-8,15-16H,1-3,5-6,9-14H2. The van der Waals surface area contributed by atoms with E-state index in [-0.39, 0.29) is 0 Å². The van der Waals surface area contributed by atoms with Crippen molar-refractivity contribution >= 4 is 11.8 Å². The molecule has 0 saturated carbocycles. The van der Waals surface area contributed by atoms with Crippen LogP contribution >= 0.6 is 0 Å². The maximum Gasteiger partial charge on any atom is 0.225 e. The minimum Gasteiger partial charge on any atom is -0.353 e. The van der Waals surface area contributed by atoms with Crippen molar-refractivity contribution in [1.82, 2.24) is 24.8 Å². The van der Waals surface area contributed by atoms with Gasteiger partial charge in [0, 0.05) is 69.0 Å². The van der Waals surface area contributed by atoms with Gasteiger partial charge in [-0.3, -0.25) is 4.90 Å². The normalized spacial score (nSPS) is 21.5. The Kier molecular flexibility index (Phi) is 4.61. The molecule has 0 bridgehead atoms. The predicted octanol–water partition coefficient (Wildman–Crippen LogP) is 1.55. The largest absolute Gasteiger partial charge is 0.353 e. The van der Waals surface area contributed by atoms with E-state index in [4.69, 9.17) is 0 Å². The summed E-state index contributed by atoms with van der Waals surface area (Å²) in [5.41, 5.74) is 2.71. The Morgan fingerprint density at radius 3 is 2.37 bits per heavy atom. The van der Waals surface area contributed by atoms with E-state index >= 15 is 0 Å². The fourth-order valence-corrected chi connectivity index (χ4v) is 4.55. The van der Waals surface area contributed by atoms with Crippen LogP contribution in [0, 0.1) is 0 Å². The Labute approximate surface area is 160 Å². The van der Waals surface area contributed by atoms with Gasteiger partial charge >= 0.3 is 0 Å². The summed E-state index contributed by atoms with van der Waals surface area (Å²) in [5.74, 6) is 2.06. The fraction of sp³-hybridized carbons (Fsp3) is 0.600. The Morgan fingerprint density at radius 1 is 0.778 bits per heavy atom. The van der Waals surface area contributed by atoms with Crippen LogP contribution in [-0.2, 0) is 12.8 Å². The molecule has 1 aliphatic carbocycles. The monoisotopic (exact) mass is 365 g/mol. The van der Waals surface area contributed by atoms with E-state index < -0.39 is 0 Å². The maximum absolute atomic E-state index is 4.66. The zero-order valence-corrected chi connectivity index (χ0v) is 15.8. The molecule has 27 heavy (non-hydrogen) atoms. The van der Waals surface area contributed by atoms with Gasteiger partial charge < -0.3 is 9.80 Å². The lowest BCUT2D eigenvalue weighted by Gasteiger charge is -2.49. The van der Waals surface area contributed by atoms with Crippen LogP contribution < -0.4 is 9.80 Å². The quantitative estimate of drug-likeness (QED) is 0.765. The number of hydrogen-bond acceptors (Lipinski definition) is 7. The molecule has 142 valence electrons. The lowest BCUT2D eigenvalue weighted by molar-refractivity contribution is 0.156. The van der Waals surface area contributed by atoms with Crippen molar-refractivity contribution in [3.63, 3.8) is 0 Å². The predicted molar refractivity (Wildman–Crippen MR) is 105 cm³/mol. The van der Waals surface area contributed by atoms with Crippen molar-refractivity contribution in [3.8, 4) is 0 Å². The van der Waals surface area contributed by atoms with Gasteiger partial charge in [-0.2, -0.15) is 0 Å². The van der Waals surface area contributed by atoms with Gasteiger partial charge in [0.05, 0.1) is 0 Å². The van der Waals surface area contributed by atoms with Crippen molar-refractivity contribution in [2.75, 3.05) is 49.1 Å². The first-order valence-corrected chi connectivity index (χ1v) is 10.2. The molecule has 2 aliphatic heterocycles. The summed E-state index contributed by atoms with van der Waals surface area (Å²) >= 11 is 0. The number of nitrogens with zero attached hydrogens (tertiary/aromatic N) is 7. The molecule has 3 aliphatic rings. The van der Waals surface area contributed by atoms with E-state index in [0.29, 0.717) is 6.04 Å². The fourth-order valence-electron chi connectivity index (χ4n) is 4.55. The minimum atomic E-state index is 0.639. The highest BCUT2D eigenvalue weighted by molar-refractivity contribution is 5.52. The van der Waals surface area contributed by atoms with Crippen LogP contribution in [0.25, 0.3) is 0 Å². The molecule has 7 nitrogen and oxygen atoms in total. The van der Waals surface area contributed by atoms with Crippen molar-refractivity contribution in [1.29, 1.82) is 0 Å². The molecule has 2 aromatic heterocycles. The Balaban J connectivity index is 1.19. The Morgan fingerprint density at radius 2 is 1.56 bits per heavy atom. The molecule has 0 unspecified atom stereocenters. The van der Waals surface area contributed by atoms with Gasteiger partial charge in [0.25, 0.3) is 0 Å². The molecule has 0 aromatic carbocycles. The molecule has 4 heterocycles. The van der Waals surface area contributed by atoms with Gasteiger partial charge in [-0.1, -0.05) is 6.42 Å². The van der Waals surface area contributed by atoms with Crippen LogP contribution in [-0.4, -0.2) is 70.1 Å². The topological polar surface area (TPSA) is 61.3 Å². The first-order valence-electron chi connectivity index (χ1n) is 10.2. The van der Waals surface area contributed by atoms with Gasteiger partial charge in [-0.15, -0.1) is 0 Å². The molecule has 0 amide bonds. The molecule has 0 spiro atoms. The van der Waals surface area contributed by atoms with Crippen molar-refractivity contribution in [2.24, 2.45) is 0 Å². The zero-order valence-electron chi connectivity index (χ0n) is 15.8. The number of aryl methyl sites for hydroxylation is 1. The third kappa shape index (κ3) is 3.36. The lowest BCUT2D eigenvalue weighted by atomic mass is 10.0. The summed E-state index contributed by atoms with van der Waals surface area (Å²) in [4.78, 5) is 25.4. The number of anilines is 2. The van der Waals surface area contributed by atoms with Gasteiger partial charge in [0.2, 0.25) is 5.95 Å².